The summed E-state index contributed by atoms with van der Waals surface area (Å²) in [5.74, 6) is 0.986. The van der Waals surface area contributed by atoms with E-state index in [4.69, 9.17) is 4.42 Å². The highest BCUT2D eigenvalue weighted by Gasteiger charge is 2.19. The number of hydrogen-bond acceptors (Lipinski definition) is 3. The molecule has 4 heteroatoms. The maximum Gasteiger partial charge on any atom is 0.227 e. The number of nitrogens with zero attached hydrogens (tertiary/aromatic N) is 1. The molecule has 0 spiro atoms. The smallest absolute Gasteiger partial charge is 0.227 e. The summed E-state index contributed by atoms with van der Waals surface area (Å²) in [5, 5.41) is 3.02. The van der Waals surface area contributed by atoms with Crippen LogP contribution in [-0.2, 0) is 11.3 Å². The number of carbonyl (C=O) groups is 1. The second kappa shape index (κ2) is 6.33. The highest BCUT2D eigenvalue weighted by molar-refractivity contribution is 5.78. The number of furan rings is 1. The topological polar surface area (TPSA) is 45.5 Å². The minimum Gasteiger partial charge on any atom is -0.467 e. The van der Waals surface area contributed by atoms with Crippen LogP contribution in [0.2, 0.25) is 0 Å². The normalized spacial score (nSPS) is 12.4. The van der Waals surface area contributed by atoms with Gasteiger partial charge in [-0.3, -0.25) is 4.79 Å². The molecule has 1 amide bonds. The van der Waals surface area contributed by atoms with Crippen molar-refractivity contribution in [3.63, 3.8) is 0 Å². The molecule has 1 aromatic heterocycles. The molecule has 90 valence electrons. The van der Waals surface area contributed by atoms with E-state index in [1.54, 1.807) is 11.2 Å². The summed E-state index contributed by atoms with van der Waals surface area (Å²) in [7, 11) is 1.85. The average Bonchev–Trinajstić information content (AvgIpc) is 2.78. The minimum atomic E-state index is -0.0000813. The van der Waals surface area contributed by atoms with E-state index in [1.165, 1.54) is 0 Å². The summed E-state index contributed by atoms with van der Waals surface area (Å²) in [6.45, 7) is 5.87. The van der Waals surface area contributed by atoms with Crippen molar-refractivity contribution in [1.29, 1.82) is 0 Å². The van der Waals surface area contributed by atoms with Crippen LogP contribution in [0, 0.1) is 5.92 Å². The molecule has 1 rings (SSSR count). The van der Waals surface area contributed by atoms with Gasteiger partial charge in [0.2, 0.25) is 5.91 Å². The molecular formula is C12H20N2O2. The molecule has 0 saturated heterocycles. The fourth-order valence-corrected chi connectivity index (χ4v) is 1.64. The molecular weight excluding hydrogens is 204 g/mol. The van der Waals surface area contributed by atoms with Crippen LogP contribution in [0.5, 0.6) is 0 Å². The Morgan fingerprint density at radius 2 is 2.38 bits per heavy atom. The Balaban J connectivity index is 2.56. The maximum atomic E-state index is 12.0. The van der Waals surface area contributed by atoms with E-state index < -0.39 is 0 Å². The van der Waals surface area contributed by atoms with Crippen LogP contribution in [0.15, 0.2) is 22.8 Å². The van der Waals surface area contributed by atoms with Crippen molar-refractivity contribution < 1.29 is 9.21 Å². The molecule has 0 aliphatic carbocycles. The Kier molecular flexibility index (Phi) is 5.05. The number of nitrogens with one attached hydrogen (secondary N) is 1. The van der Waals surface area contributed by atoms with Gasteiger partial charge in [-0.1, -0.05) is 6.92 Å². The first kappa shape index (κ1) is 12.8. The molecule has 0 aliphatic heterocycles. The van der Waals surface area contributed by atoms with E-state index in [-0.39, 0.29) is 11.8 Å². The molecule has 0 saturated carbocycles. The summed E-state index contributed by atoms with van der Waals surface area (Å²) < 4.78 is 5.25. The molecule has 16 heavy (non-hydrogen) atoms. The van der Waals surface area contributed by atoms with E-state index in [2.05, 4.69) is 5.32 Å². The quantitative estimate of drug-likeness (QED) is 0.796. The van der Waals surface area contributed by atoms with Gasteiger partial charge in [-0.05, 0) is 26.1 Å². The van der Waals surface area contributed by atoms with Gasteiger partial charge in [0.25, 0.3) is 0 Å². The van der Waals surface area contributed by atoms with Gasteiger partial charge in [0, 0.05) is 19.0 Å². The molecule has 1 N–H and O–H groups in total. The molecule has 1 aromatic rings. The lowest BCUT2D eigenvalue weighted by atomic mass is 10.1. The van der Waals surface area contributed by atoms with Crippen molar-refractivity contribution in [2.45, 2.75) is 20.4 Å². The number of carbonyl (C=O) groups excluding carboxylic acids is 1. The van der Waals surface area contributed by atoms with Crippen molar-refractivity contribution in [2.24, 2.45) is 5.92 Å². The van der Waals surface area contributed by atoms with Crippen LogP contribution in [0.25, 0.3) is 0 Å². The minimum absolute atomic E-state index is 0.0000813. The predicted molar refractivity (Wildman–Crippen MR) is 62.9 cm³/mol. The fraction of sp³-hybridized carbons (Fsp3) is 0.583. The number of amides is 1. The molecule has 0 aromatic carbocycles. The predicted octanol–water partition coefficient (Wildman–Crippen LogP) is 1.48. The Morgan fingerprint density at radius 3 is 2.88 bits per heavy atom. The van der Waals surface area contributed by atoms with Crippen LogP contribution in [0.4, 0.5) is 0 Å². The fourth-order valence-electron chi connectivity index (χ4n) is 1.64. The van der Waals surface area contributed by atoms with Gasteiger partial charge in [0.05, 0.1) is 12.8 Å². The van der Waals surface area contributed by atoms with Gasteiger partial charge < -0.3 is 14.6 Å². The third-order valence-corrected chi connectivity index (χ3v) is 2.55. The van der Waals surface area contributed by atoms with Gasteiger partial charge in [-0.2, -0.15) is 0 Å². The van der Waals surface area contributed by atoms with Crippen molar-refractivity contribution in [1.82, 2.24) is 10.2 Å². The summed E-state index contributed by atoms with van der Waals surface area (Å²) in [5.41, 5.74) is 0. The maximum absolute atomic E-state index is 12.0. The van der Waals surface area contributed by atoms with E-state index in [0.29, 0.717) is 19.6 Å². The molecule has 0 aliphatic rings. The summed E-state index contributed by atoms with van der Waals surface area (Å²) in [6, 6.07) is 3.73. The second-order valence-corrected chi connectivity index (χ2v) is 3.89. The zero-order valence-electron chi connectivity index (χ0n) is 10.2. The van der Waals surface area contributed by atoms with Crippen molar-refractivity contribution in [3.05, 3.63) is 24.2 Å². The van der Waals surface area contributed by atoms with E-state index >= 15 is 0 Å². The van der Waals surface area contributed by atoms with Gasteiger partial charge in [-0.15, -0.1) is 0 Å². The largest absolute Gasteiger partial charge is 0.467 e. The lowest BCUT2D eigenvalue weighted by Crippen LogP contribution is -2.37. The first-order valence-electron chi connectivity index (χ1n) is 5.64. The number of rotatable bonds is 6. The summed E-state index contributed by atoms with van der Waals surface area (Å²) in [6.07, 6.45) is 1.63. The first-order chi connectivity index (χ1) is 7.69. The summed E-state index contributed by atoms with van der Waals surface area (Å²) >= 11 is 0. The van der Waals surface area contributed by atoms with Gasteiger partial charge >= 0.3 is 0 Å². The van der Waals surface area contributed by atoms with Gasteiger partial charge in [0.1, 0.15) is 5.76 Å². The van der Waals surface area contributed by atoms with E-state index in [1.807, 2.05) is 33.0 Å². The molecule has 1 heterocycles. The second-order valence-electron chi connectivity index (χ2n) is 3.89. The first-order valence-corrected chi connectivity index (χ1v) is 5.64. The van der Waals surface area contributed by atoms with Gasteiger partial charge in [-0.25, -0.2) is 0 Å². The van der Waals surface area contributed by atoms with Gasteiger partial charge in [0.15, 0.2) is 0 Å². The zero-order chi connectivity index (χ0) is 12.0. The monoisotopic (exact) mass is 224 g/mol. The van der Waals surface area contributed by atoms with Crippen LogP contribution >= 0.6 is 0 Å². The van der Waals surface area contributed by atoms with E-state index in [0.717, 1.165) is 5.76 Å². The molecule has 0 bridgehead atoms. The third kappa shape index (κ3) is 3.38. The zero-order valence-corrected chi connectivity index (χ0v) is 10.2. The molecule has 1 unspecified atom stereocenters. The Labute approximate surface area is 96.6 Å². The Morgan fingerprint density at radius 1 is 1.62 bits per heavy atom. The van der Waals surface area contributed by atoms with Crippen molar-refractivity contribution in [3.8, 4) is 0 Å². The average molecular weight is 224 g/mol. The summed E-state index contributed by atoms with van der Waals surface area (Å²) in [4.78, 5) is 13.8. The van der Waals surface area contributed by atoms with Crippen LogP contribution in [-0.4, -0.2) is 30.9 Å². The highest BCUT2D eigenvalue weighted by Crippen LogP contribution is 2.09. The van der Waals surface area contributed by atoms with Crippen molar-refractivity contribution in [2.75, 3.05) is 20.1 Å². The van der Waals surface area contributed by atoms with Crippen LogP contribution < -0.4 is 5.32 Å². The van der Waals surface area contributed by atoms with Crippen LogP contribution in [0.1, 0.15) is 19.6 Å². The van der Waals surface area contributed by atoms with Crippen LogP contribution in [0.3, 0.4) is 0 Å². The number of hydrogen-bond donors (Lipinski definition) is 1. The van der Waals surface area contributed by atoms with E-state index in [9.17, 15) is 4.79 Å². The third-order valence-electron chi connectivity index (χ3n) is 2.55. The SMILES string of the molecule is CCN(Cc1ccco1)C(=O)C(C)CNC. The molecule has 0 fully saturated rings. The Hall–Kier alpha value is -1.29. The lowest BCUT2D eigenvalue weighted by Gasteiger charge is -2.23. The molecule has 1 atom stereocenters. The lowest BCUT2D eigenvalue weighted by molar-refractivity contribution is -0.135. The van der Waals surface area contributed by atoms with Crippen molar-refractivity contribution >= 4 is 5.91 Å². The Bertz CT molecular complexity index is 309. The highest BCUT2D eigenvalue weighted by atomic mass is 16.3. The standard InChI is InChI=1S/C12H20N2O2/c1-4-14(9-11-6-5-7-16-11)12(15)10(2)8-13-3/h5-7,10,13H,4,8-9H2,1-3H3. The molecule has 0 radical (unpaired) electrons. The molecule has 4 nitrogen and oxygen atoms in total.